The van der Waals surface area contributed by atoms with Crippen molar-refractivity contribution in [2.24, 2.45) is 16.6 Å². The van der Waals surface area contributed by atoms with Crippen molar-refractivity contribution in [2.45, 2.75) is 38.2 Å². The zero-order valence-corrected chi connectivity index (χ0v) is 7.75. The molecule has 1 unspecified atom stereocenters. The van der Waals surface area contributed by atoms with E-state index in [1.165, 1.54) is 19.3 Å². The number of amidine groups is 1. The summed E-state index contributed by atoms with van der Waals surface area (Å²) >= 11 is 0. The van der Waals surface area contributed by atoms with Crippen LogP contribution in [0.5, 0.6) is 0 Å². The minimum Gasteiger partial charge on any atom is -0.449 e. The zero-order valence-electron chi connectivity index (χ0n) is 7.75. The van der Waals surface area contributed by atoms with E-state index in [0.29, 0.717) is 5.92 Å². The van der Waals surface area contributed by atoms with Crippen LogP contribution in [0.1, 0.15) is 32.6 Å². The van der Waals surface area contributed by atoms with Crippen molar-refractivity contribution in [3.05, 3.63) is 0 Å². The van der Waals surface area contributed by atoms with Gasteiger partial charge in [0.15, 0.2) is 5.60 Å². The molecule has 72 valence electrons. The second-order valence-corrected chi connectivity index (χ2v) is 4.09. The summed E-state index contributed by atoms with van der Waals surface area (Å²) in [4.78, 5) is 15.0. The molecule has 1 saturated carbocycles. The number of amides is 1. The molecular formula is C9H14N2O2. The summed E-state index contributed by atoms with van der Waals surface area (Å²) in [6.07, 6.45) is 4.43. The number of ether oxygens (including phenoxy) is 1. The lowest BCUT2D eigenvalue weighted by Gasteiger charge is -2.31. The van der Waals surface area contributed by atoms with Gasteiger partial charge in [-0.2, -0.15) is 4.99 Å². The van der Waals surface area contributed by atoms with Crippen LogP contribution in [0.4, 0.5) is 0 Å². The molecule has 1 heterocycles. The average Bonchev–Trinajstić information content (AvgIpc) is 2.19. The Bertz CT molecular complexity index is 271. The van der Waals surface area contributed by atoms with Crippen LogP contribution in [0.3, 0.4) is 0 Å². The van der Waals surface area contributed by atoms with Gasteiger partial charge in [-0.25, -0.2) is 0 Å². The number of rotatable bonds is 2. The quantitative estimate of drug-likeness (QED) is 0.687. The third-order valence-electron chi connectivity index (χ3n) is 2.90. The third-order valence-corrected chi connectivity index (χ3v) is 2.90. The molecule has 0 aromatic heterocycles. The van der Waals surface area contributed by atoms with Crippen LogP contribution in [0, 0.1) is 5.92 Å². The van der Waals surface area contributed by atoms with E-state index in [1.54, 1.807) is 6.92 Å². The van der Waals surface area contributed by atoms with Crippen LogP contribution in [-0.2, 0) is 9.53 Å². The summed E-state index contributed by atoms with van der Waals surface area (Å²) < 4.78 is 5.25. The summed E-state index contributed by atoms with van der Waals surface area (Å²) in [6, 6.07) is 0.0202. The van der Waals surface area contributed by atoms with E-state index in [-0.39, 0.29) is 11.9 Å². The maximum Gasteiger partial charge on any atom is 0.294 e. The van der Waals surface area contributed by atoms with E-state index in [2.05, 4.69) is 4.99 Å². The van der Waals surface area contributed by atoms with Gasteiger partial charge in [-0.3, -0.25) is 4.79 Å². The highest BCUT2D eigenvalue weighted by atomic mass is 16.5. The van der Waals surface area contributed by atoms with Crippen molar-refractivity contribution in [3.63, 3.8) is 0 Å². The molecule has 2 rings (SSSR count). The molecule has 1 atom stereocenters. The third kappa shape index (κ3) is 1.41. The van der Waals surface area contributed by atoms with Crippen molar-refractivity contribution in [1.82, 2.24) is 0 Å². The normalized spacial score (nSPS) is 33.9. The van der Waals surface area contributed by atoms with Crippen LogP contribution < -0.4 is 5.73 Å². The first-order valence-electron chi connectivity index (χ1n) is 4.68. The standard InChI is InChI=1S/C9H14N2O2/c1-9(5-6-3-2-4-6)7(12)11-8(10)13-9/h6H,2-5H2,1H3,(H2,10,11,12). The van der Waals surface area contributed by atoms with Gasteiger partial charge in [0.1, 0.15) is 0 Å². The summed E-state index contributed by atoms with van der Waals surface area (Å²) in [5.74, 6) is 0.395. The zero-order chi connectivity index (χ0) is 9.47. The van der Waals surface area contributed by atoms with Crippen LogP contribution in [0.15, 0.2) is 4.99 Å². The number of hydrogen-bond acceptors (Lipinski definition) is 3. The first-order valence-corrected chi connectivity index (χ1v) is 4.68. The molecule has 0 radical (unpaired) electrons. The Balaban J connectivity index is 2.00. The second-order valence-electron chi connectivity index (χ2n) is 4.09. The lowest BCUT2D eigenvalue weighted by atomic mass is 9.77. The topological polar surface area (TPSA) is 64.7 Å². The van der Waals surface area contributed by atoms with Gasteiger partial charge < -0.3 is 10.5 Å². The van der Waals surface area contributed by atoms with Crippen molar-refractivity contribution in [1.29, 1.82) is 0 Å². The molecule has 13 heavy (non-hydrogen) atoms. The molecular weight excluding hydrogens is 168 g/mol. The number of nitrogens with two attached hydrogens (primary N) is 1. The Labute approximate surface area is 77.2 Å². The van der Waals surface area contributed by atoms with Crippen LogP contribution >= 0.6 is 0 Å². The fourth-order valence-corrected chi connectivity index (χ4v) is 1.89. The average molecular weight is 182 g/mol. The number of hydrogen-bond donors (Lipinski definition) is 1. The second kappa shape index (κ2) is 2.72. The highest BCUT2D eigenvalue weighted by Crippen LogP contribution is 2.36. The Kier molecular flexibility index (Phi) is 1.78. The van der Waals surface area contributed by atoms with E-state index < -0.39 is 5.60 Å². The summed E-state index contributed by atoms with van der Waals surface area (Å²) in [5.41, 5.74) is 4.57. The fraction of sp³-hybridized carbons (Fsp3) is 0.778. The Morgan fingerprint density at radius 1 is 1.69 bits per heavy atom. The lowest BCUT2D eigenvalue weighted by Crippen LogP contribution is -2.38. The fourth-order valence-electron chi connectivity index (χ4n) is 1.89. The Morgan fingerprint density at radius 3 is 2.77 bits per heavy atom. The van der Waals surface area contributed by atoms with Gasteiger partial charge in [0.05, 0.1) is 0 Å². The largest absolute Gasteiger partial charge is 0.449 e. The van der Waals surface area contributed by atoms with Gasteiger partial charge in [0.2, 0.25) is 0 Å². The van der Waals surface area contributed by atoms with Crippen LogP contribution in [0.2, 0.25) is 0 Å². The van der Waals surface area contributed by atoms with E-state index in [9.17, 15) is 4.79 Å². The predicted octanol–water partition coefficient (Wildman–Crippen LogP) is 0.807. The van der Waals surface area contributed by atoms with Gasteiger partial charge in [0.25, 0.3) is 11.9 Å². The lowest BCUT2D eigenvalue weighted by molar-refractivity contribution is -0.131. The molecule has 0 bridgehead atoms. The van der Waals surface area contributed by atoms with E-state index in [4.69, 9.17) is 10.5 Å². The van der Waals surface area contributed by atoms with E-state index in [0.717, 1.165) is 6.42 Å². The van der Waals surface area contributed by atoms with Crippen LogP contribution in [0.25, 0.3) is 0 Å². The summed E-state index contributed by atoms with van der Waals surface area (Å²) in [6.45, 7) is 1.77. The van der Waals surface area contributed by atoms with Gasteiger partial charge in [-0.15, -0.1) is 0 Å². The molecule has 4 nitrogen and oxygen atoms in total. The molecule has 1 fully saturated rings. The number of aliphatic imine (C=N–C) groups is 1. The molecule has 0 aromatic carbocycles. The first-order chi connectivity index (χ1) is 6.10. The van der Waals surface area contributed by atoms with Gasteiger partial charge in [-0.05, 0) is 19.3 Å². The smallest absolute Gasteiger partial charge is 0.294 e. The Hall–Kier alpha value is -1.06. The van der Waals surface area contributed by atoms with Gasteiger partial charge in [0, 0.05) is 0 Å². The molecule has 1 amide bonds. The monoisotopic (exact) mass is 182 g/mol. The molecule has 2 N–H and O–H groups in total. The minimum atomic E-state index is -0.769. The highest BCUT2D eigenvalue weighted by molar-refractivity contribution is 6.00. The van der Waals surface area contributed by atoms with Crippen molar-refractivity contribution in [3.8, 4) is 0 Å². The molecule has 0 aromatic rings. The Morgan fingerprint density at radius 2 is 2.38 bits per heavy atom. The van der Waals surface area contributed by atoms with Crippen molar-refractivity contribution in [2.75, 3.05) is 0 Å². The van der Waals surface area contributed by atoms with Gasteiger partial charge >= 0.3 is 0 Å². The predicted molar refractivity (Wildman–Crippen MR) is 48.1 cm³/mol. The van der Waals surface area contributed by atoms with Crippen molar-refractivity contribution < 1.29 is 9.53 Å². The van der Waals surface area contributed by atoms with Gasteiger partial charge in [-0.1, -0.05) is 19.3 Å². The number of carbonyl (C=O) groups excluding carboxylic acids is 1. The molecule has 1 aliphatic carbocycles. The molecule has 0 spiro atoms. The van der Waals surface area contributed by atoms with Crippen molar-refractivity contribution >= 4 is 11.9 Å². The van der Waals surface area contributed by atoms with E-state index in [1.807, 2.05) is 0 Å². The maximum absolute atomic E-state index is 11.4. The minimum absolute atomic E-state index is 0.0202. The highest BCUT2D eigenvalue weighted by Gasteiger charge is 2.43. The maximum atomic E-state index is 11.4. The summed E-state index contributed by atoms with van der Waals surface area (Å²) in [7, 11) is 0. The molecule has 2 aliphatic rings. The SMILES string of the molecule is CC1(CC2CCC2)OC(N)=NC1=O. The van der Waals surface area contributed by atoms with Crippen LogP contribution in [-0.4, -0.2) is 17.5 Å². The molecule has 4 heteroatoms. The molecule has 1 aliphatic heterocycles. The summed E-state index contributed by atoms with van der Waals surface area (Å²) in [5, 5.41) is 0. The number of carbonyl (C=O) groups is 1. The number of nitrogens with zero attached hydrogens (tertiary/aromatic N) is 1. The first kappa shape index (κ1) is 8.53. The molecule has 0 saturated heterocycles. The van der Waals surface area contributed by atoms with E-state index >= 15 is 0 Å².